The number of hydrogen-bond donors (Lipinski definition) is 1. The van der Waals surface area contributed by atoms with Crippen LogP contribution in [-0.4, -0.2) is 21.6 Å². The van der Waals surface area contributed by atoms with Gasteiger partial charge in [0, 0.05) is 16.6 Å². The summed E-state index contributed by atoms with van der Waals surface area (Å²) in [6.07, 6.45) is -4.67. The highest BCUT2D eigenvalue weighted by molar-refractivity contribution is 8.00. The molecule has 1 amide bonds. The molecule has 0 atom stereocenters. The van der Waals surface area contributed by atoms with Gasteiger partial charge in [-0.2, -0.15) is 13.2 Å². The molecule has 0 radical (unpaired) electrons. The van der Waals surface area contributed by atoms with Gasteiger partial charge in [0.25, 0.3) is 0 Å². The zero-order valence-corrected chi connectivity index (χ0v) is 16.9. The van der Waals surface area contributed by atoms with E-state index in [9.17, 15) is 18.0 Å². The van der Waals surface area contributed by atoms with Gasteiger partial charge in [-0.05, 0) is 17.7 Å². The summed E-state index contributed by atoms with van der Waals surface area (Å²) in [7, 11) is 0. The third-order valence-corrected chi connectivity index (χ3v) is 5.44. The number of halogens is 3. The Kier molecular flexibility index (Phi) is 5.90. The van der Waals surface area contributed by atoms with Gasteiger partial charge in [0.2, 0.25) is 11.7 Å². The Labute approximate surface area is 180 Å². The Bertz CT molecular complexity index is 1230. The minimum Gasteiger partial charge on any atom is -0.325 e. The van der Waals surface area contributed by atoms with Crippen LogP contribution in [0.3, 0.4) is 0 Å². The van der Waals surface area contributed by atoms with Crippen LogP contribution in [0, 0.1) is 0 Å². The number of aromatic nitrogens is 2. The summed E-state index contributed by atoms with van der Waals surface area (Å²) in [4.78, 5) is 19.8. The van der Waals surface area contributed by atoms with Gasteiger partial charge in [-0.15, -0.1) is 0 Å². The van der Waals surface area contributed by atoms with E-state index in [-0.39, 0.29) is 22.2 Å². The van der Waals surface area contributed by atoms with Crippen LogP contribution in [0.25, 0.3) is 22.0 Å². The lowest BCUT2D eigenvalue weighted by Crippen LogP contribution is -2.16. The van der Waals surface area contributed by atoms with Crippen LogP contribution in [0.4, 0.5) is 18.9 Å². The molecule has 1 N–H and O–H groups in total. The second kappa shape index (κ2) is 8.77. The van der Waals surface area contributed by atoms with Crippen molar-refractivity contribution in [2.24, 2.45) is 0 Å². The Balaban J connectivity index is 1.55. The first-order valence-corrected chi connectivity index (χ1v) is 10.3. The van der Waals surface area contributed by atoms with Crippen LogP contribution in [0.5, 0.6) is 0 Å². The predicted molar refractivity (Wildman–Crippen MR) is 116 cm³/mol. The molecule has 156 valence electrons. The lowest BCUT2D eigenvalue weighted by atomic mass is 10.0. The first kappa shape index (κ1) is 20.9. The quantitative estimate of drug-likeness (QED) is 0.304. The number of hydrogen-bond acceptors (Lipinski definition) is 4. The number of rotatable bonds is 5. The van der Waals surface area contributed by atoms with Crippen molar-refractivity contribution in [3.05, 3.63) is 84.7 Å². The van der Waals surface area contributed by atoms with Crippen molar-refractivity contribution in [3.8, 4) is 11.1 Å². The Morgan fingerprint density at radius 3 is 2.32 bits per heavy atom. The second-order valence-electron chi connectivity index (χ2n) is 6.62. The molecular weight excluding hydrogens is 423 g/mol. The van der Waals surface area contributed by atoms with E-state index >= 15 is 0 Å². The summed E-state index contributed by atoms with van der Waals surface area (Å²) in [5.41, 5.74) is 2.61. The normalized spacial score (nSPS) is 11.5. The van der Waals surface area contributed by atoms with E-state index in [0.29, 0.717) is 11.1 Å². The number of carbonyl (C=O) groups excluding carboxylic acids is 1. The van der Waals surface area contributed by atoms with Crippen molar-refractivity contribution in [2.45, 2.75) is 11.2 Å². The molecule has 0 fully saturated rings. The zero-order valence-electron chi connectivity index (χ0n) is 16.1. The van der Waals surface area contributed by atoms with Crippen LogP contribution in [0.1, 0.15) is 5.82 Å². The highest BCUT2D eigenvalue weighted by atomic mass is 32.2. The van der Waals surface area contributed by atoms with E-state index in [1.165, 1.54) is 6.07 Å². The molecule has 8 heteroatoms. The van der Waals surface area contributed by atoms with E-state index in [1.54, 1.807) is 24.3 Å². The smallest absolute Gasteiger partial charge is 0.325 e. The van der Waals surface area contributed by atoms with E-state index in [0.717, 1.165) is 22.9 Å². The molecule has 0 bridgehead atoms. The Morgan fingerprint density at radius 2 is 1.55 bits per heavy atom. The Morgan fingerprint density at radius 1 is 0.871 bits per heavy atom. The predicted octanol–water partition coefficient (Wildman–Crippen LogP) is 6.05. The zero-order chi connectivity index (χ0) is 21.8. The van der Waals surface area contributed by atoms with Gasteiger partial charge in [0.15, 0.2) is 0 Å². The molecule has 4 nitrogen and oxygen atoms in total. The molecule has 0 saturated carbocycles. The summed E-state index contributed by atoms with van der Waals surface area (Å²) in [5.74, 6) is -1.66. The maximum atomic E-state index is 13.2. The van der Waals surface area contributed by atoms with Crippen LogP contribution < -0.4 is 5.32 Å². The lowest BCUT2D eigenvalue weighted by Gasteiger charge is -2.12. The fourth-order valence-electron chi connectivity index (χ4n) is 3.07. The fraction of sp³-hybridized carbons (Fsp3) is 0.0870. The van der Waals surface area contributed by atoms with E-state index < -0.39 is 12.0 Å². The van der Waals surface area contributed by atoms with Gasteiger partial charge in [0.05, 0.1) is 11.3 Å². The molecule has 31 heavy (non-hydrogen) atoms. The molecule has 4 rings (SSSR count). The summed E-state index contributed by atoms with van der Waals surface area (Å²) >= 11 is 0.946. The molecule has 4 aromatic rings. The fourth-order valence-corrected chi connectivity index (χ4v) is 3.89. The average molecular weight is 439 g/mol. The number of alkyl halides is 3. The van der Waals surface area contributed by atoms with Crippen LogP contribution >= 0.6 is 11.8 Å². The summed E-state index contributed by atoms with van der Waals surface area (Å²) in [6, 6.07) is 23.4. The number of nitrogens with zero attached hydrogens (tertiary/aromatic N) is 2. The van der Waals surface area contributed by atoms with Gasteiger partial charge in [0.1, 0.15) is 5.03 Å². The standard InChI is InChI=1S/C23H16F3N3OS/c24-23(25,26)22-28-19-13-7-5-11-17(19)21(29-22)31-14-20(30)27-18-12-6-4-10-16(18)15-8-2-1-3-9-15/h1-13H,14H2,(H,27,30). The van der Waals surface area contributed by atoms with E-state index in [4.69, 9.17) is 0 Å². The van der Waals surface area contributed by atoms with Crippen molar-refractivity contribution in [2.75, 3.05) is 11.1 Å². The van der Waals surface area contributed by atoms with Gasteiger partial charge >= 0.3 is 6.18 Å². The largest absolute Gasteiger partial charge is 0.451 e. The van der Waals surface area contributed by atoms with Gasteiger partial charge < -0.3 is 5.32 Å². The number of nitrogens with one attached hydrogen (secondary N) is 1. The maximum absolute atomic E-state index is 13.2. The summed E-state index contributed by atoms with van der Waals surface area (Å²) < 4.78 is 39.5. The van der Waals surface area contributed by atoms with Gasteiger partial charge in [-0.25, -0.2) is 9.97 Å². The average Bonchev–Trinajstić information content (AvgIpc) is 2.77. The van der Waals surface area contributed by atoms with Crippen LogP contribution in [-0.2, 0) is 11.0 Å². The molecule has 0 aliphatic heterocycles. The van der Waals surface area contributed by atoms with Gasteiger partial charge in [-0.1, -0.05) is 78.5 Å². The molecule has 0 aliphatic rings. The van der Waals surface area contributed by atoms with Crippen molar-refractivity contribution in [3.63, 3.8) is 0 Å². The lowest BCUT2D eigenvalue weighted by molar-refractivity contribution is -0.145. The number of fused-ring (bicyclic) bond motifs is 1. The molecule has 1 heterocycles. The number of carbonyl (C=O) groups is 1. The first-order chi connectivity index (χ1) is 14.9. The molecule has 3 aromatic carbocycles. The van der Waals surface area contributed by atoms with Crippen molar-refractivity contribution in [1.82, 2.24) is 9.97 Å². The molecule has 0 unspecified atom stereocenters. The van der Waals surface area contributed by atoms with Crippen LogP contribution in [0.15, 0.2) is 83.9 Å². The molecular formula is C23H16F3N3OS. The first-order valence-electron chi connectivity index (χ1n) is 9.33. The molecule has 0 aliphatic carbocycles. The van der Waals surface area contributed by atoms with E-state index in [2.05, 4.69) is 15.3 Å². The maximum Gasteiger partial charge on any atom is 0.451 e. The van der Waals surface area contributed by atoms with E-state index in [1.807, 2.05) is 48.5 Å². The Hall–Kier alpha value is -3.39. The summed E-state index contributed by atoms with van der Waals surface area (Å²) in [5, 5.41) is 3.43. The number of amides is 1. The van der Waals surface area contributed by atoms with Crippen LogP contribution in [0.2, 0.25) is 0 Å². The van der Waals surface area contributed by atoms with Crippen molar-refractivity contribution >= 4 is 34.3 Å². The number of benzene rings is 3. The molecule has 1 aromatic heterocycles. The number of thioether (sulfide) groups is 1. The van der Waals surface area contributed by atoms with Gasteiger partial charge in [-0.3, -0.25) is 4.79 Å². The highest BCUT2D eigenvalue weighted by Gasteiger charge is 2.35. The third kappa shape index (κ3) is 4.86. The highest BCUT2D eigenvalue weighted by Crippen LogP contribution is 2.32. The minimum atomic E-state index is -4.67. The monoisotopic (exact) mass is 439 g/mol. The molecule has 0 saturated heterocycles. The SMILES string of the molecule is O=C(CSc1nc(C(F)(F)F)nc2ccccc12)Nc1ccccc1-c1ccccc1. The third-order valence-electron chi connectivity index (χ3n) is 4.45. The topological polar surface area (TPSA) is 54.9 Å². The number of para-hydroxylation sites is 2. The van der Waals surface area contributed by atoms with Crippen molar-refractivity contribution in [1.29, 1.82) is 0 Å². The second-order valence-corrected chi connectivity index (χ2v) is 7.58. The molecule has 0 spiro atoms. The minimum absolute atomic E-state index is 0.0958. The van der Waals surface area contributed by atoms with Crippen molar-refractivity contribution < 1.29 is 18.0 Å². The number of anilines is 1. The summed E-state index contributed by atoms with van der Waals surface area (Å²) in [6.45, 7) is 0.